The molecule has 2 heterocycles. The van der Waals surface area contributed by atoms with Gasteiger partial charge >= 0.3 is 0 Å². The predicted octanol–water partition coefficient (Wildman–Crippen LogP) is 0.264. The van der Waals surface area contributed by atoms with Crippen LogP contribution >= 0.6 is 11.6 Å². The van der Waals surface area contributed by atoms with E-state index in [1.165, 1.54) is 13.0 Å². The number of hydrogen-bond acceptors (Lipinski definition) is 5. The Kier molecular flexibility index (Phi) is 3.89. The van der Waals surface area contributed by atoms with Gasteiger partial charge in [-0.25, -0.2) is 4.98 Å². The average Bonchev–Trinajstić information content (AvgIpc) is 2.42. The normalized spacial score (nSPS) is 18.8. The second kappa shape index (κ2) is 5.46. The van der Waals surface area contributed by atoms with Gasteiger partial charge < -0.3 is 10.2 Å². The number of rotatable bonds is 2. The van der Waals surface area contributed by atoms with Gasteiger partial charge in [0.1, 0.15) is 24.1 Å². The van der Waals surface area contributed by atoms with Crippen LogP contribution in [0.4, 0.5) is 5.82 Å². The molecule has 1 aliphatic rings. The van der Waals surface area contributed by atoms with Crippen LogP contribution in [0, 0.1) is 0 Å². The van der Waals surface area contributed by atoms with Crippen molar-refractivity contribution in [2.45, 2.75) is 13.0 Å². The average molecular weight is 297 g/mol. The van der Waals surface area contributed by atoms with Crippen LogP contribution in [0.15, 0.2) is 12.1 Å². The number of carbonyl (C=O) groups is 3. The maximum Gasteiger partial charge on any atom is 0.275 e. The predicted molar refractivity (Wildman–Crippen MR) is 72.4 cm³/mol. The highest BCUT2D eigenvalue weighted by Crippen LogP contribution is 2.20. The van der Waals surface area contributed by atoms with E-state index in [1.54, 1.807) is 13.1 Å². The van der Waals surface area contributed by atoms with E-state index in [2.05, 4.69) is 15.6 Å². The lowest BCUT2D eigenvalue weighted by molar-refractivity contribution is -0.138. The van der Waals surface area contributed by atoms with Crippen LogP contribution in [0.3, 0.4) is 0 Å². The van der Waals surface area contributed by atoms with Crippen LogP contribution in [0.5, 0.6) is 0 Å². The SMILES string of the molecule is CNc1ccc(Cl)c(C(=O)N2CC(=O)NC(=O)C2C)n1. The zero-order chi connectivity index (χ0) is 14.9. The smallest absolute Gasteiger partial charge is 0.275 e. The van der Waals surface area contributed by atoms with Gasteiger partial charge in [0.2, 0.25) is 11.8 Å². The molecule has 0 spiro atoms. The van der Waals surface area contributed by atoms with Crippen LogP contribution < -0.4 is 10.6 Å². The van der Waals surface area contributed by atoms with Crippen LogP contribution in [0.2, 0.25) is 5.02 Å². The van der Waals surface area contributed by atoms with Crippen LogP contribution in [-0.4, -0.2) is 47.2 Å². The molecule has 1 aromatic rings. The number of nitrogens with one attached hydrogen (secondary N) is 2. The van der Waals surface area contributed by atoms with Gasteiger partial charge in [0.05, 0.1) is 5.02 Å². The third-order valence-electron chi connectivity index (χ3n) is 2.99. The van der Waals surface area contributed by atoms with Gasteiger partial charge in [0.25, 0.3) is 5.91 Å². The topological polar surface area (TPSA) is 91.4 Å². The molecular formula is C12H13ClN4O3. The Labute approximate surface area is 120 Å². The van der Waals surface area contributed by atoms with E-state index >= 15 is 0 Å². The Balaban J connectivity index is 2.35. The van der Waals surface area contributed by atoms with Gasteiger partial charge in [-0.2, -0.15) is 0 Å². The molecular weight excluding hydrogens is 284 g/mol. The molecule has 2 rings (SSSR count). The summed E-state index contributed by atoms with van der Waals surface area (Å²) in [5, 5.41) is 5.13. The minimum atomic E-state index is -0.753. The Morgan fingerprint density at radius 2 is 2.20 bits per heavy atom. The van der Waals surface area contributed by atoms with Crippen molar-refractivity contribution in [3.63, 3.8) is 0 Å². The first-order chi connectivity index (χ1) is 9.43. The molecule has 1 aliphatic heterocycles. The first-order valence-corrected chi connectivity index (χ1v) is 6.30. The van der Waals surface area contributed by atoms with Crippen molar-refractivity contribution in [3.05, 3.63) is 22.8 Å². The van der Waals surface area contributed by atoms with Crippen LogP contribution in [0.1, 0.15) is 17.4 Å². The van der Waals surface area contributed by atoms with Crippen molar-refractivity contribution in [1.29, 1.82) is 0 Å². The minimum absolute atomic E-state index is 0.00728. The zero-order valence-electron chi connectivity index (χ0n) is 10.9. The summed E-state index contributed by atoms with van der Waals surface area (Å²) in [6, 6.07) is 2.40. The van der Waals surface area contributed by atoms with E-state index in [-0.39, 0.29) is 17.3 Å². The largest absolute Gasteiger partial charge is 0.373 e. The van der Waals surface area contributed by atoms with Crippen molar-refractivity contribution in [2.24, 2.45) is 0 Å². The molecule has 0 radical (unpaired) electrons. The van der Waals surface area contributed by atoms with Crippen molar-refractivity contribution >= 4 is 35.1 Å². The maximum absolute atomic E-state index is 12.4. The van der Waals surface area contributed by atoms with Gasteiger partial charge in [-0.1, -0.05) is 11.6 Å². The molecule has 1 fully saturated rings. The molecule has 20 heavy (non-hydrogen) atoms. The molecule has 0 aliphatic carbocycles. The van der Waals surface area contributed by atoms with Crippen molar-refractivity contribution < 1.29 is 14.4 Å². The second-order valence-electron chi connectivity index (χ2n) is 4.30. The Hall–Kier alpha value is -2.15. The fourth-order valence-corrected chi connectivity index (χ4v) is 2.02. The molecule has 1 atom stereocenters. The summed E-state index contributed by atoms with van der Waals surface area (Å²) in [4.78, 5) is 40.6. The lowest BCUT2D eigenvalue weighted by Gasteiger charge is -2.31. The van der Waals surface area contributed by atoms with E-state index in [4.69, 9.17) is 11.6 Å². The number of aromatic nitrogens is 1. The first kappa shape index (κ1) is 14.3. The summed E-state index contributed by atoms with van der Waals surface area (Å²) in [6.07, 6.45) is 0. The number of halogens is 1. The summed E-state index contributed by atoms with van der Waals surface area (Å²) in [7, 11) is 1.66. The lowest BCUT2D eigenvalue weighted by Crippen LogP contribution is -2.58. The van der Waals surface area contributed by atoms with E-state index in [0.29, 0.717) is 5.82 Å². The summed E-state index contributed by atoms with van der Waals surface area (Å²) < 4.78 is 0. The maximum atomic E-state index is 12.4. The van der Waals surface area contributed by atoms with Crippen molar-refractivity contribution in [3.8, 4) is 0 Å². The third-order valence-corrected chi connectivity index (χ3v) is 3.29. The number of piperazine rings is 1. The number of hydrogen-bond donors (Lipinski definition) is 2. The minimum Gasteiger partial charge on any atom is -0.373 e. The molecule has 0 aromatic carbocycles. The third kappa shape index (κ3) is 2.57. The Bertz CT molecular complexity index is 590. The molecule has 0 bridgehead atoms. The van der Waals surface area contributed by atoms with Crippen LogP contribution in [0.25, 0.3) is 0 Å². The number of carbonyl (C=O) groups excluding carboxylic acids is 3. The Morgan fingerprint density at radius 3 is 2.85 bits per heavy atom. The van der Waals surface area contributed by atoms with E-state index in [1.807, 2.05) is 0 Å². The second-order valence-corrected chi connectivity index (χ2v) is 4.71. The molecule has 1 unspecified atom stereocenters. The molecule has 106 valence electrons. The number of nitrogens with zero attached hydrogens (tertiary/aromatic N) is 2. The van der Waals surface area contributed by atoms with Crippen molar-refractivity contribution in [2.75, 3.05) is 18.9 Å². The van der Waals surface area contributed by atoms with Gasteiger partial charge in [0, 0.05) is 7.05 Å². The van der Waals surface area contributed by atoms with Gasteiger partial charge in [0.15, 0.2) is 0 Å². The lowest BCUT2D eigenvalue weighted by atomic mass is 10.1. The summed E-state index contributed by atoms with van der Waals surface area (Å²) in [5.41, 5.74) is 0.00728. The highest BCUT2D eigenvalue weighted by Gasteiger charge is 2.35. The molecule has 3 amide bonds. The highest BCUT2D eigenvalue weighted by atomic mass is 35.5. The molecule has 8 heteroatoms. The number of imide groups is 1. The van der Waals surface area contributed by atoms with E-state index in [0.717, 1.165) is 4.90 Å². The summed E-state index contributed by atoms with van der Waals surface area (Å²) >= 11 is 5.96. The van der Waals surface area contributed by atoms with E-state index < -0.39 is 23.8 Å². The monoisotopic (exact) mass is 296 g/mol. The fourth-order valence-electron chi connectivity index (χ4n) is 1.83. The molecule has 7 nitrogen and oxygen atoms in total. The number of pyridine rings is 1. The molecule has 1 aromatic heterocycles. The van der Waals surface area contributed by atoms with Crippen LogP contribution in [-0.2, 0) is 9.59 Å². The van der Waals surface area contributed by atoms with E-state index in [9.17, 15) is 14.4 Å². The Morgan fingerprint density at radius 1 is 1.50 bits per heavy atom. The summed E-state index contributed by atoms with van der Waals surface area (Å²) in [5.74, 6) is -1.13. The molecule has 1 saturated heterocycles. The molecule has 0 saturated carbocycles. The number of anilines is 1. The first-order valence-electron chi connectivity index (χ1n) is 5.93. The number of amides is 3. The van der Waals surface area contributed by atoms with Gasteiger partial charge in [-0.15, -0.1) is 0 Å². The van der Waals surface area contributed by atoms with Gasteiger partial charge in [-0.3, -0.25) is 19.7 Å². The van der Waals surface area contributed by atoms with Gasteiger partial charge in [-0.05, 0) is 19.1 Å². The highest BCUT2D eigenvalue weighted by molar-refractivity contribution is 6.33. The molecule has 2 N–H and O–H groups in total. The quantitative estimate of drug-likeness (QED) is 0.764. The fraction of sp³-hybridized carbons (Fsp3) is 0.333. The summed E-state index contributed by atoms with van der Waals surface area (Å²) in [6.45, 7) is 1.34. The zero-order valence-corrected chi connectivity index (χ0v) is 11.7. The van der Waals surface area contributed by atoms with Crippen molar-refractivity contribution in [1.82, 2.24) is 15.2 Å². The standard InChI is InChI=1S/C12H13ClN4O3/c1-6-11(19)16-9(18)5-17(6)12(20)10-7(13)3-4-8(14-2)15-10/h3-4,6H,5H2,1-2H3,(H,14,15)(H,16,18,19).